The van der Waals surface area contributed by atoms with E-state index in [2.05, 4.69) is 40.1 Å². The summed E-state index contributed by atoms with van der Waals surface area (Å²) in [5, 5.41) is 3.03. The summed E-state index contributed by atoms with van der Waals surface area (Å²) in [7, 11) is -0.527. The smallest absolute Gasteiger partial charge is 0.219 e. The quantitative estimate of drug-likeness (QED) is 0.191. The molecule has 1 aliphatic heterocycles. The van der Waals surface area contributed by atoms with Crippen LogP contribution in [0.1, 0.15) is 96.8 Å². The van der Waals surface area contributed by atoms with Crippen LogP contribution in [0.3, 0.4) is 0 Å². The van der Waals surface area contributed by atoms with Crippen molar-refractivity contribution < 1.29 is 9.08 Å². The van der Waals surface area contributed by atoms with Crippen molar-refractivity contribution in [2.24, 2.45) is 4.40 Å². The Hall–Kier alpha value is -1.14. The molecule has 0 saturated carbocycles. The van der Waals surface area contributed by atoms with E-state index in [0.717, 1.165) is 50.9 Å². The van der Waals surface area contributed by atoms with Crippen LogP contribution < -0.4 is 10.8 Å². The number of nitrogens with one attached hydrogen (secondary N) is 2. The van der Waals surface area contributed by atoms with Gasteiger partial charge in [0.1, 0.15) is 5.84 Å². The van der Waals surface area contributed by atoms with E-state index in [-0.39, 0.29) is 5.91 Å². The first-order chi connectivity index (χ1) is 13.2. The van der Waals surface area contributed by atoms with E-state index >= 15 is 0 Å². The van der Waals surface area contributed by atoms with Gasteiger partial charge in [0, 0.05) is 19.4 Å². The summed E-state index contributed by atoms with van der Waals surface area (Å²) in [5.41, 5.74) is 2.83. The molecule has 2 N–H and O–H groups in total. The Labute approximate surface area is 168 Å². The monoisotopic (exact) mass is 397 g/mol. The molecule has 5 nitrogen and oxygen atoms in total. The molecule has 0 bridgehead atoms. The van der Waals surface area contributed by atoms with Gasteiger partial charge in [-0.2, -0.15) is 8.68 Å². The van der Waals surface area contributed by atoms with Crippen molar-refractivity contribution in [3.05, 3.63) is 12.2 Å². The second-order valence-corrected chi connectivity index (χ2v) is 8.12. The highest BCUT2D eigenvalue weighted by Crippen LogP contribution is 2.18. The maximum absolute atomic E-state index is 11.6. The lowest BCUT2D eigenvalue weighted by atomic mass is 10.1. The van der Waals surface area contributed by atoms with E-state index in [1.165, 1.54) is 44.9 Å². The first-order valence-electron chi connectivity index (χ1n) is 10.7. The lowest BCUT2D eigenvalue weighted by molar-refractivity contribution is -0.121. The van der Waals surface area contributed by atoms with Gasteiger partial charge in [0.2, 0.25) is 5.91 Å². The third-order valence-electron chi connectivity index (χ3n) is 4.55. The molecule has 0 aliphatic carbocycles. The highest BCUT2D eigenvalue weighted by Gasteiger charge is 2.07. The predicted molar refractivity (Wildman–Crippen MR) is 119 cm³/mol. The summed E-state index contributed by atoms with van der Waals surface area (Å²) < 4.78 is 9.36. The summed E-state index contributed by atoms with van der Waals surface area (Å²) in [6, 6.07) is 0. The number of carbonyl (C=O) groups excluding carboxylic acids is 1. The second-order valence-electron chi connectivity index (χ2n) is 7.13. The molecule has 0 aromatic rings. The van der Waals surface area contributed by atoms with Gasteiger partial charge in [-0.1, -0.05) is 51.2 Å². The molecule has 0 spiro atoms. The maximum Gasteiger partial charge on any atom is 0.219 e. The van der Waals surface area contributed by atoms with Crippen molar-refractivity contribution in [3.63, 3.8) is 0 Å². The largest absolute Gasteiger partial charge is 0.356 e. The molecule has 0 saturated heterocycles. The van der Waals surface area contributed by atoms with E-state index in [9.17, 15) is 4.79 Å². The molecule has 0 fully saturated rings. The Bertz CT molecular complexity index is 478. The number of allylic oxidation sites excluding steroid dienone is 2. The lowest BCUT2D eigenvalue weighted by Gasteiger charge is -2.04. The van der Waals surface area contributed by atoms with E-state index < -0.39 is 11.0 Å². The molecule has 1 atom stereocenters. The zero-order valence-electron chi connectivity index (χ0n) is 17.1. The third-order valence-corrected chi connectivity index (χ3v) is 5.25. The molecule has 0 aromatic carbocycles. The zero-order chi connectivity index (χ0) is 19.6. The topological polar surface area (TPSA) is 62.7 Å². The van der Waals surface area contributed by atoms with Crippen molar-refractivity contribution in [1.82, 2.24) is 10.8 Å². The minimum absolute atomic E-state index is 0.219. The molecular weight excluding hydrogens is 358 g/mol. The SMILES string of the molecule is C=S1N=C(CCCCCC/C=C\CCCCNC(=O)CCCCCC)NO1. The summed E-state index contributed by atoms with van der Waals surface area (Å²) in [4.78, 5) is 11.6. The first-order valence-corrected chi connectivity index (χ1v) is 12.0. The lowest BCUT2D eigenvalue weighted by Crippen LogP contribution is -2.23. The molecule has 27 heavy (non-hydrogen) atoms. The van der Waals surface area contributed by atoms with E-state index in [1.54, 1.807) is 0 Å². The van der Waals surface area contributed by atoms with Gasteiger partial charge in [0.25, 0.3) is 0 Å². The summed E-state index contributed by atoms with van der Waals surface area (Å²) in [5.74, 6) is 4.92. The minimum Gasteiger partial charge on any atom is -0.356 e. The maximum atomic E-state index is 11.6. The first kappa shape index (κ1) is 23.9. The van der Waals surface area contributed by atoms with Crippen LogP contribution in [0, 0.1) is 0 Å². The number of rotatable bonds is 17. The molecule has 1 aliphatic rings. The Kier molecular flexibility index (Phi) is 15.0. The number of carbonyl (C=O) groups is 1. The van der Waals surface area contributed by atoms with Crippen molar-refractivity contribution >= 4 is 28.6 Å². The number of amidine groups is 1. The van der Waals surface area contributed by atoms with Crippen LogP contribution >= 0.6 is 11.0 Å². The Balaban J connectivity index is 1.79. The van der Waals surface area contributed by atoms with Crippen LogP contribution in [0.5, 0.6) is 0 Å². The third kappa shape index (κ3) is 14.6. The van der Waals surface area contributed by atoms with Crippen LogP contribution in [0.25, 0.3) is 0 Å². The molecule has 1 heterocycles. The van der Waals surface area contributed by atoms with Gasteiger partial charge in [0.05, 0.1) is 11.0 Å². The second kappa shape index (κ2) is 17.0. The van der Waals surface area contributed by atoms with Crippen molar-refractivity contribution in [2.75, 3.05) is 6.54 Å². The van der Waals surface area contributed by atoms with Crippen LogP contribution in [0.4, 0.5) is 0 Å². The van der Waals surface area contributed by atoms with Gasteiger partial charge >= 0.3 is 0 Å². The Morgan fingerprint density at radius 3 is 2.48 bits per heavy atom. The molecule has 0 aromatic heterocycles. The van der Waals surface area contributed by atoms with Crippen LogP contribution in [-0.2, 0) is 9.08 Å². The Morgan fingerprint density at radius 1 is 1.07 bits per heavy atom. The van der Waals surface area contributed by atoms with Crippen molar-refractivity contribution in [1.29, 1.82) is 0 Å². The standard InChI is InChI=1S/C21H39N3O2S/c1-3-4-5-15-18-21(25)22-19-16-13-11-9-7-6-8-10-12-14-17-20-23-26-27(2)24-20/h7,9H,2-6,8,10-19H2,1H3,(H,22,25)(H,23,24)/b9-7-. The van der Waals surface area contributed by atoms with Gasteiger partial charge < -0.3 is 5.32 Å². The average molecular weight is 398 g/mol. The molecule has 0 radical (unpaired) electrons. The van der Waals surface area contributed by atoms with Crippen LogP contribution in [-0.4, -0.2) is 24.2 Å². The van der Waals surface area contributed by atoms with Gasteiger partial charge in [-0.15, -0.1) is 0 Å². The summed E-state index contributed by atoms with van der Waals surface area (Å²) in [6.07, 6.45) is 20.3. The number of hydrogen-bond donors (Lipinski definition) is 2. The fraction of sp³-hybridized carbons (Fsp3) is 0.762. The summed E-state index contributed by atoms with van der Waals surface area (Å²) in [6.45, 7) is 3.01. The van der Waals surface area contributed by atoms with E-state index in [0.29, 0.717) is 6.42 Å². The van der Waals surface area contributed by atoms with Crippen molar-refractivity contribution in [2.45, 2.75) is 96.8 Å². The number of hydroxylamine groups is 1. The van der Waals surface area contributed by atoms with E-state index in [1.807, 2.05) is 0 Å². The molecule has 1 unspecified atom stereocenters. The Morgan fingerprint density at radius 2 is 1.78 bits per heavy atom. The fourth-order valence-electron chi connectivity index (χ4n) is 2.91. The highest BCUT2D eigenvalue weighted by atomic mass is 32.2. The highest BCUT2D eigenvalue weighted by molar-refractivity contribution is 8.09. The number of amides is 1. The van der Waals surface area contributed by atoms with Gasteiger partial charge in [-0.3, -0.25) is 4.79 Å². The van der Waals surface area contributed by atoms with Gasteiger partial charge in [0.15, 0.2) is 0 Å². The average Bonchev–Trinajstić information content (AvgIpc) is 3.08. The van der Waals surface area contributed by atoms with Crippen LogP contribution in [0.2, 0.25) is 0 Å². The molecule has 6 heteroatoms. The normalized spacial score (nSPS) is 16.5. The van der Waals surface area contributed by atoms with Gasteiger partial charge in [-0.25, -0.2) is 5.48 Å². The van der Waals surface area contributed by atoms with Crippen molar-refractivity contribution in [3.8, 4) is 0 Å². The van der Waals surface area contributed by atoms with E-state index in [4.69, 9.17) is 4.28 Å². The predicted octanol–water partition coefficient (Wildman–Crippen LogP) is 5.60. The molecule has 156 valence electrons. The minimum atomic E-state index is -0.527. The summed E-state index contributed by atoms with van der Waals surface area (Å²) >= 11 is 0. The fourth-order valence-corrected chi connectivity index (χ4v) is 3.52. The van der Waals surface area contributed by atoms with Gasteiger partial charge in [-0.05, 0) is 50.8 Å². The number of hydrogen-bond acceptors (Lipinski definition) is 4. The zero-order valence-corrected chi connectivity index (χ0v) is 18.0. The van der Waals surface area contributed by atoms with Crippen LogP contribution in [0.15, 0.2) is 16.5 Å². The molecule has 1 amide bonds. The molecule has 1 rings (SSSR count). The number of nitrogens with zero attached hydrogens (tertiary/aromatic N) is 1. The number of unbranched alkanes of at least 4 members (excludes halogenated alkanes) is 9. The molecular formula is C21H39N3O2S.